The lowest BCUT2D eigenvalue weighted by molar-refractivity contribution is -0.136. The van der Waals surface area contributed by atoms with Crippen LogP contribution in [0, 0.1) is 0 Å². The molecular formula is C14H19BrN2O. The van der Waals surface area contributed by atoms with Crippen LogP contribution in [0.25, 0.3) is 0 Å². The summed E-state index contributed by atoms with van der Waals surface area (Å²) < 4.78 is 1.02. The summed E-state index contributed by atoms with van der Waals surface area (Å²) in [5.74, 6) is 0.208. The van der Waals surface area contributed by atoms with E-state index < -0.39 is 0 Å². The van der Waals surface area contributed by atoms with Crippen LogP contribution < -0.4 is 5.32 Å². The van der Waals surface area contributed by atoms with Crippen molar-refractivity contribution in [3.8, 4) is 0 Å². The topological polar surface area (TPSA) is 32.3 Å². The number of hydrogen-bond acceptors (Lipinski definition) is 2. The number of hydrogen-bond donors (Lipinski definition) is 1. The fourth-order valence-corrected chi connectivity index (χ4v) is 2.81. The minimum Gasteiger partial charge on any atom is -0.335 e. The van der Waals surface area contributed by atoms with Gasteiger partial charge < -0.3 is 10.2 Å². The van der Waals surface area contributed by atoms with Gasteiger partial charge in [0.15, 0.2) is 0 Å². The van der Waals surface area contributed by atoms with E-state index in [0.717, 1.165) is 29.7 Å². The van der Waals surface area contributed by atoms with Gasteiger partial charge in [0, 0.05) is 29.6 Å². The molecule has 0 radical (unpaired) electrons. The number of halogens is 1. The van der Waals surface area contributed by atoms with Gasteiger partial charge in [-0.25, -0.2) is 0 Å². The SMILES string of the molecule is CC1(C)CNCCN1C(=O)Cc1cccc(Br)c1. The maximum atomic E-state index is 12.4. The molecule has 1 N–H and O–H groups in total. The summed E-state index contributed by atoms with van der Waals surface area (Å²) >= 11 is 3.44. The van der Waals surface area contributed by atoms with Crippen molar-refractivity contribution < 1.29 is 4.79 Å². The van der Waals surface area contributed by atoms with Crippen molar-refractivity contribution >= 4 is 21.8 Å². The molecule has 1 fully saturated rings. The smallest absolute Gasteiger partial charge is 0.227 e. The molecule has 1 aromatic carbocycles. The lowest BCUT2D eigenvalue weighted by atomic mass is 9.99. The number of carbonyl (C=O) groups excluding carboxylic acids is 1. The maximum Gasteiger partial charge on any atom is 0.227 e. The Bertz CT molecular complexity index is 445. The predicted molar refractivity (Wildman–Crippen MR) is 76.5 cm³/mol. The zero-order valence-corrected chi connectivity index (χ0v) is 12.5. The standard InChI is InChI=1S/C14H19BrN2O/c1-14(2)10-16-6-7-17(14)13(18)9-11-4-3-5-12(15)8-11/h3-5,8,16H,6-7,9-10H2,1-2H3. The minimum absolute atomic E-state index is 0.0959. The van der Waals surface area contributed by atoms with Gasteiger partial charge in [-0.3, -0.25) is 4.79 Å². The Morgan fingerprint density at radius 2 is 2.28 bits per heavy atom. The lowest BCUT2D eigenvalue weighted by Crippen LogP contribution is -2.60. The van der Waals surface area contributed by atoms with Crippen molar-refractivity contribution in [2.45, 2.75) is 25.8 Å². The van der Waals surface area contributed by atoms with Crippen molar-refractivity contribution in [2.75, 3.05) is 19.6 Å². The molecule has 1 saturated heterocycles. The number of nitrogens with zero attached hydrogens (tertiary/aromatic N) is 1. The van der Waals surface area contributed by atoms with Crippen molar-refractivity contribution in [2.24, 2.45) is 0 Å². The van der Waals surface area contributed by atoms with Crippen molar-refractivity contribution in [1.29, 1.82) is 0 Å². The fourth-order valence-electron chi connectivity index (χ4n) is 2.36. The molecule has 1 aliphatic heterocycles. The van der Waals surface area contributed by atoms with E-state index in [4.69, 9.17) is 0 Å². The first-order valence-electron chi connectivity index (χ1n) is 6.25. The van der Waals surface area contributed by atoms with Crippen molar-refractivity contribution in [3.63, 3.8) is 0 Å². The molecule has 4 heteroatoms. The zero-order valence-electron chi connectivity index (χ0n) is 10.9. The molecule has 0 unspecified atom stereocenters. The molecular weight excluding hydrogens is 292 g/mol. The molecule has 3 nitrogen and oxygen atoms in total. The first-order chi connectivity index (χ1) is 8.49. The Morgan fingerprint density at radius 3 is 2.94 bits per heavy atom. The van der Waals surface area contributed by atoms with E-state index in [9.17, 15) is 4.79 Å². The van der Waals surface area contributed by atoms with Crippen LogP contribution in [0.2, 0.25) is 0 Å². The molecule has 0 aliphatic carbocycles. The van der Waals surface area contributed by atoms with Crippen molar-refractivity contribution in [3.05, 3.63) is 34.3 Å². The van der Waals surface area contributed by atoms with Crippen LogP contribution in [0.4, 0.5) is 0 Å². The minimum atomic E-state index is -0.0959. The maximum absolute atomic E-state index is 12.4. The van der Waals surface area contributed by atoms with Gasteiger partial charge in [0.25, 0.3) is 0 Å². The molecule has 2 rings (SSSR count). The molecule has 0 saturated carbocycles. The zero-order chi connectivity index (χ0) is 13.2. The van der Waals surface area contributed by atoms with Crippen LogP contribution in [-0.4, -0.2) is 36.0 Å². The van der Waals surface area contributed by atoms with E-state index >= 15 is 0 Å². The Kier molecular flexibility index (Phi) is 4.07. The number of carbonyl (C=O) groups is 1. The predicted octanol–water partition coefficient (Wildman–Crippen LogP) is 2.20. The molecule has 1 aromatic rings. The second kappa shape index (κ2) is 5.41. The van der Waals surface area contributed by atoms with E-state index in [1.165, 1.54) is 0 Å². The summed E-state index contributed by atoms with van der Waals surface area (Å²) in [5.41, 5.74) is 0.963. The van der Waals surface area contributed by atoms with Crippen LogP contribution in [0.1, 0.15) is 19.4 Å². The number of rotatable bonds is 2. The first kappa shape index (κ1) is 13.6. The van der Waals surface area contributed by atoms with E-state index in [1.54, 1.807) is 0 Å². The molecule has 1 aliphatic rings. The highest BCUT2D eigenvalue weighted by Crippen LogP contribution is 2.19. The highest BCUT2D eigenvalue weighted by atomic mass is 79.9. The van der Waals surface area contributed by atoms with Gasteiger partial charge in [-0.1, -0.05) is 28.1 Å². The average molecular weight is 311 g/mol. The third-order valence-corrected chi connectivity index (χ3v) is 3.84. The van der Waals surface area contributed by atoms with Gasteiger partial charge >= 0.3 is 0 Å². The summed E-state index contributed by atoms with van der Waals surface area (Å²) in [5, 5.41) is 3.33. The summed E-state index contributed by atoms with van der Waals surface area (Å²) in [6, 6.07) is 7.95. The van der Waals surface area contributed by atoms with Gasteiger partial charge in [-0.15, -0.1) is 0 Å². The number of piperazine rings is 1. The van der Waals surface area contributed by atoms with Crippen LogP contribution in [0.5, 0.6) is 0 Å². The monoisotopic (exact) mass is 310 g/mol. The second-order valence-electron chi connectivity index (χ2n) is 5.34. The Labute approximate surface area is 117 Å². The van der Waals surface area contributed by atoms with Crippen LogP contribution in [0.3, 0.4) is 0 Å². The molecule has 0 aromatic heterocycles. The number of nitrogens with one attached hydrogen (secondary N) is 1. The van der Waals surface area contributed by atoms with Crippen molar-refractivity contribution in [1.82, 2.24) is 10.2 Å². The lowest BCUT2D eigenvalue weighted by Gasteiger charge is -2.43. The Hall–Kier alpha value is -0.870. The van der Waals surface area contributed by atoms with Gasteiger partial charge in [0.05, 0.1) is 6.42 Å². The third-order valence-electron chi connectivity index (χ3n) is 3.35. The van der Waals surface area contributed by atoms with Crippen LogP contribution in [0.15, 0.2) is 28.7 Å². The van der Waals surface area contributed by atoms with Crippen LogP contribution in [-0.2, 0) is 11.2 Å². The highest BCUT2D eigenvalue weighted by Gasteiger charge is 2.32. The number of benzene rings is 1. The molecule has 1 heterocycles. The fraction of sp³-hybridized carbons (Fsp3) is 0.500. The first-order valence-corrected chi connectivity index (χ1v) is 7.04. The summed E-state index contributed by atoms with van der Waals surface area (Å²) in [6.45, 7) is 6.75. The summed E-state index contributed by atoms with van der Waals surface area (Å²) in [7, 11) is 0. The Balaban J connectivity index is 2.07. The summed E-state index contributed by atoms with van der Waals surface area (Å²) in [4.78, 5) is 14.4. The molecule has 18 heavy (non-hydrogen) atoms. The van der Waals surface area contributed by atoms with Crippen LogP contribution >= 0.6 is 15.9 Å². The van der Waals surface area contributed by atoms with E-state index in [0.29, 0.717) is 6.42 Å². The summed E-state index contributed by atoms with van der Waals surface area (Å²) in [6.07, 6.45) is 0.475. The molecule has 1 amide bonds. The van der Waals surface area contributed by atoms with E-state index in [2.05, 4.69) is 35.1 Å². The third kappa shape index (κ3) is 3.12. The largest absolute Gasteiger partial charge is 0.335 e. The molecule has 0 bridgehead atoms. The highest BCUT2D eigenvalue weighted by molar-refractivity contribution is 9.10. The van der Waals surface area contributed by atoms with Gasteiger partial charge in [0.1, 0.15) is 0 Å². The molecule has 0 atom stereocenters. The van der Waals surface area contributed by atoms with Gasteiger partial charge in [0.2, 0.25) is 5.91 Å². The Morgan fingerprint density at radius 1 is 1.50 bits per heavy atom. The molecule has 0 spiro atoms. The second-order valence-corrected chi connectivity index (χ2v) is 6.26. The van der Waals surface area contributed by atoms with E-state index in [1.807, 2.05) is 29.2 Å². The molecule has 98 valence electrons. The quantitative estimate of drug-likeness (QED) is 0.908. The van der Waals surface area contributed by atoms with Gasteiger partial charge in [-0.05, 0) is 31.5 Å². The average Bonchev–Trinajstić information content (AvgIpc) is 2.28. The van der Waals surface area contributed by atoms with E-state index in [-0.39, 0.29) is 11.4 Å². The van der Waals surface area contributed by atoms with Gasteiger partial charge in [-0.2, -0.15) is 0 Å². The number of amides is 1. The normalized spacial score (nSPS) is 18.7.